The second-order valence-corrected chi connectivity index (χ2v) is 6.11. The maximum Gasteiger partial charge on any atom is 0.275 e. The number of carbonyl (C=O) groups is 1. The monoisotopic (exact) mass is 380 g/mol. The number of nitrogens with one attached hydrogen (secondary N) is 1. The van der Waals surface area contributed by atoms with Crippen LogP contribution in [0.1, 0.15) is 21.5 Å². The van der Waals surface area contributed by atoms with Crippen molar-refractivity contribution in [2.24, 2.45) is 5.10 Å². The number of hydrogen-bond acceptors (Lipinski definition) is 4. The van der Waals surface area contributed by atoms with Gasteiger partial charge in [0.05, 0.1) is 11.8 Å². The van der Waals surface area contributed by atoms with Gasteiger partial charge in [-0.1, -0.05) is 48.0 Å². The molecule has 0 saturated carbocycles. The third kappa shape index (κ3) is 5.09. The molecule has 0 aromatic heterocycles. The van der Waals surface area contributed by atoms with Gasteiger partial charge in [-0.2, -0.15) is 5.10 Å². The zero-order valence-electron chi connectivity index (χ0n) is 14.3. The number of amides is 1. The number of phenolic OH excluding ortho intramolecular Hbond substituents is 1. The average Bonchev–Trinajstić information content (AvgIpc) is 2.68. The third-order valence-electron chi connectivity index (χ3n) is 3.75. The quantitative estimate of drug-likeness (QED) is 0.492. The summed E-state index contributed by atoms with van der Waals surface area (Å²) < 4.78 is 5.84. The molecule has 3 rings (SSSR count). The van der Waals surface area contributed by atoms with Crippen LogP contribution in [-0.4, -0.2) is 17.2 Å². The Labute approximate surface area is 161 Å². The molecule has 0 aliphatic heterocycles. The fourth-order valence-electron chi connectivity index (χ4n) is 2.35. The summed E-state index contributed by atoms with van der Waals surface area (Å²) in [6.45, 7) is 0.381. The topological polar surface area (TPSA) is 70.9 Å². The second-order valence-electron chi connectivity index (χ2n) is 5.67. The van der Waals surface area contributed by atoms with Crippen molar-refractivity contribution in [3.8, 4) is 11.5 Å². The lowest BCUT2D eigenvalue weighted by molar-refractivity contribution is 0.0952. The zero-order valence-corrected chi connectivity index (χ0v) is 15.1. The number of halogens is 1. The van der Waals surface area contributed by atoms with Gasteiger partial charge in [0.1, 0.15) is 18.1 Å². The van der Waals surface area contributed by atoms with E-state index in [0.29, 0.717) is 22.9 Å². The van der Waals surface area contributed by atoms with Crippen LogP contribution in [0.25, 0.3) is 0 Å². The summed E-state index contributed by atoms with van der Waals surface area (Å²) >= 11 is 5.88. The van der Waals surface area contributed by atoms with Crippen molar-refractivity contribution in [1.82, 2.24) is 5.43 Å². The van der Waals surface area contributed by atoms with Crippen LogP contribution in [0.15, 0.2) is 77.9 Å². The van der Waals surface area contributed by atoms with Crippen molar-refractivity contribution < 1.29 is 14.6 Å². The van der Waals surface area contributed by atoms with Gasteiger partial charge in [-0.25, -0.2) is 5.43 Å². The molecule has 0 bridgehead atoms. The molecule has 0 aliphatic carbocycles. The van der Waals surface area contributed by atoms with E-state index in [9.17, 15) is 9.90 Å². The Hall–Kier alpha value is -3.31. The Morgan fingerprint density at radius 1 is 1.04 bits per heavy atom. The highest BCUT2D eigenvalue weighted by atomic mass is 35.5. The van der Waals surface area contributed by atoms with Crippen LogP contribution in [0.4, 0.5) is 0 Å². The predicted molar refractivity (Wildman–Crippen MR) is 105 cm³/mol. The first-order valence-corrected chi connectivity index (χ1v) is 8.59. The molecule has 0 fully saturated rings. The third-order valence-corrected chi connectivity index (χ3v) is 4.00. The minimum atomic E-state index is -0.496. The van der Waals surface area contributed by atoms with Gasteiger partial charge in [-0.05, 0) is 42.0 Å². The highest BCUT2D eigenvalue weighted by Gasteiger charge is 2.09. The van der Waals surface area contributed by atoms with E-state index in [0.717, 1.165) is 5.56 Å². The minimum absolute atomic E-state index is 0.100. The van der Waals surface area contributed by atoms with E-state index < -0.39 is 5.91 Å². The van der Waals surface area contributed by atoms with Crippen molar-refractivity contribution >= 4 is 23.7 Å². The van der Waals surface area contributed by atoms with E-state index in [1.165, 1.54) is 18.3 Å². The van der Waals surface area contributed by atoms with Crippen molar-refractivity contribution in [3.63, 3.8) is 0 Å². The molecule has 0 aliphatic rings. The van der Waals surface area contributed by atoms with Gasteiger partial charge >= 0.3 is 0 Å². The fraction of sp³-hybridized carbons (Fsp3) is 0.0476. The van der Waals surface area contributed by atoms with Crippen LogP contribution in [-0.2, 0) is 6.61 Å². The summed E-state index contributed by atoms with van der Waals surface area (Å²) in [5.41, 5.74) is 4.25. The Morgan fingerprint density at radius 2 is 1.74 bits per heavy atom. The lowest BCUT2D eigenvalue weighted by atomic mass is 10.2. The average molecular weight is 381 g/mol. The maximum atomic E-state index is 12.1. The van der Waals surface area contributed by atoms with Crippen LogP contribution in [0.5, 0.6) is 11.5 Å². The Bertz CT molecular complexity index is 956. The van der Waals surface area contributed by atoms with Gasteiger partial charge in [0, 0.05) is 10.6 Å². The Balaban J connectivity index is 1.65. The standard InChI is InChI=1S/C21H17ClN2O3/c22-17-11-9-15(10-12-17)14-27-20-8-4-1-5-16(20)13-23-24-21(26)18-6-2-3-7-19(18)25/h1-13,25H,14H2,(H,24,26)/b23-13-. The summed E-state index contributed by atoms with van der Waals surface area (Å²) in [6.07, 6.45) is 1.50. The van der Waals surface area contributed by atoms with Crippen LogP contribution in [0.3, 0.4) is 0 Å². The molecular formula is C21H17ClN2O3. The van der Waals surface area contributed by atoms with Crippen molar-refractivity contribution in [1.29, 1.82) is 0 Å². The van der Waals surface area contributed by atoms with Crippen LogP contribution >= 0.6 is 11.6 Å². The molecule has 3 aromatic carbocycles. The van der Waals surface area contributed by atoms with E-state index in [4.69, 9.17) is 16.3 Å². The summed E-state index contributed by atoms with van der Waals surface area (Å²) in [5, 5.41) is 14.3. The smallest absolute Gasteiger partial charge is 0.275 e. The molecule has 136 valence electrons. The second kappa shape index (κ2) is 8.87. The number of aromatic hydroxyl groups is 1. The number of hydrogen-bond donors (Lipinski definition) is 2. The van der Waals surface area contributed by atoms with E-state index in [1.54, 1.807) is 12.1 Å². The van der Waals surface area contributed by atoms with Crippen LogP contribution < -0.4 is 10.2 Å². The van der Waals surface area contributed by atoms with Crippen LogP contribution in [0.2, 0.25) is 5.02 Å². The fourth-order valence-corrected chi connectivity index (χ4v) is 2.47. The molecule has 3 aromatic rings. The highest BCUT2D eigenvalue weighted by molar-refractivity contribution is 6.30. The van der Waals surface area contributed by atoms with Gasteiger partial charge in [-0.15, -0.1) is 0 Å². The molecule has 0 radical (unpaired) electrons. The number of benzene rings is 3. The first-order valence-electron chi connectivity index (χ1n) is 8.21. The van der Waals surface area contributed by atoms with Gasteiger partial charge in [0.15, 0.2) is 0 Å². The van der Waals surface area contributed by atoms with E-state index in [1.807, 2.05) is 48.5 Å². The van der Waals surface area contributed by atoms with Gasteiger partial charge in [0.25, 0.3) is 5.91 Å². The molecule has 0 atom stereocenters. The van der Waals surface area contributed by atoms with Crippen molar-refractivity contribution in [2.75, 3.05) is 0 Å². The largest absolute Gasteiger partial charge is 0.507 e. The summed E-state index contributed by atoms with van der Waals surface area (Å²) in [7, 11) is 0. The molecule has 6 heteroatoms. The summed E-state index contributed by atoms with van der Waals surface area (Å²) in [6, 6.07) is 21.0. The van der Waals surface area contributed by atoms with Gasteiger partial charge in [0.2, 0.25) is 0 Å². The highest BCUT2D eigenvalue weighted by Crippen LogP contribution is 2.19. The minimum Gasteiger partial charge on any atom is -0.507 e. The van der Waals surface area contributed by atoms with Crippen LogP contribution in [0, 0.1) is 0 Å². The number of ether oxygens (including phenoxy) is 1. The summed E-state index contributed by atoms with van der Waals surface area (Å²) in [4.78, 5) is 12.1. The first kappa shape index (κ1) is 18.5. The molecule has 0 spiro atoms. The molecule has 2 N–H and O–H groups in total. The number of para-hydroxylation sites is 2. The Morgan fingerprint density at radius 3 is 2.52 bits per heavy atom. The molecule has 1 amide bonds. The normalized spacial score (nSPS) is 10.7. The number of carbonyl (C=O) groups excluding carboxylic acids is 1. The summed E-state index contributed by atoms with van der Waals surface area (Å²) in [5.74, 6) is 0.0359. The Kier molecular flexibility index (Phi) is 6.07. The van der Waals surface area contributed by atoms with Crippen molar-refractivity contribution in [3.05, 3.63) is 94.5 Å². The SMILES string of the molecule is O=C(N/N=C\c1ccccc1OCc1ccc(Cl)cc1)c1ccccc1O. The first-order chi connectivity index (χ1) is 13.1. The zero-order chi connectivity index (χ0) is 19.1. The van der Waals surface area contributed by atoms with E-state index in [2.05, 4.69) is 10.5 Å². The molecule has 0 saturated heterocycles. The lowest BCUT2D eigenvalue weighted by Crippen LogP contribution is -2.17. The number of phenols is 1. The number of hydrazone groups is 1. The number of nitrogens with zero attached hydrogens (tertiary/aromatic N) is 1. The molecule has 27 heavy (non-hydrogen) atoms. The molecular weight excluding hydrogens is 364 g/mol. The molecule has 0 unspecified atom stereocenters. The number of rotatable bonds is 6. The molecule has 0 heterocycles. The van der Waals surface area contributed by atoms with Gasteiger partial charge in [-0.3, -0.25) is 4.79 Å². The predicted octanol–water partition coefficient (Wildman–Crippen LogP) is 4.39. The maximum absolute atomic E-state index is 12.1. The molecule has 5 nitrogen and oxygen atoms in total. The van der Waals surface area contributed by atoms with Gasteiger partial charge < -0.3 is 9.84 Å². The van der Waals surface area contributed by atoms with Crippen molar-refractivity contribution in [2.45, 2.75) is 6.61 Å². The lowest BCUT2D eigenvalue weighted by Gasteiger charge is -2.09. The van der Waals surface area contributed by atoms with E-state index in [-0.39, 0.29) is 11.3 Å². The van der Waals surface area contributed by atoms with E-state index >= 15 is 0 Å².